The minimum Gasteiger partial charge on any atom is -0.468 e. The molecule has 2 aromatic rings. The summed E-state index contributed by atoms with van der Waals surface area (Å²) in [5.41, 5.74) is -0.220. The Morgan fingerprint density at radius 2 is 1.67 bits per heavy atom. The Morgan fingerprint density at radius 3 is 2.30 bits per heavy atom. The highest BCUT2D eigenvalue weighted by molar-refractivity contribution is 7.93. The van der Waals surface area contributed by atoms with Gasteiger partial charge in [0.05, 0.1) is 35.5 Å². The molecule has 0 amide bonds. The maximum Gasteiger partial charge on any atom is 0.339 e. The number of rotatable bonds is 6. The van der Waals surface area contributed by atoms with Gasteiger partial charge in [-0.05, 0) is 24.3 Å². The fourth-order valence-corrected chi connectivity index (χ4v) is 4.31. The van der Waals surface area contributed by atoms with Crippen LogP contribution in [0.1, 0.15) is 10.4 Å². The molecule has 0 aliphatic carbocycles. The van der Waals surface area contributed by atoms with Crippen LogP contribution in [0.15, 0.2) is 47.4 Å². The predicted octanol–water partition coefficient (Wildman–Crippen LogP) is 3.15. The summed E-state index contributed by atoms with van der Waals surface area (Å²) < 4.78 is 36.6. The Bertz CT molecular complexity index is 977. The number of anilines is 1. The summed E-state index contributed by atoms with van der Waals surface area (Å²) in [5, 5.41) is 0.0303. The molecule has 0 bridgehead atoms. The summed E-state index contributed by atoms with van der Waals surface area (Å²) >= 11 is 12.1. The standard InChI is InChI=1S/C17H15Cl2NO6S/c1-25-15(21)10-20(13-8-5-7-12(18)16(13)19)27(23,24)14-9-4-3-6-11(14)17(22)26-2/h3-9H,10H2,1-2H3. The molecular formula is C17H15Cl2NO6S. The van der Waals surface area contributed by atoms with Gasteiger partial charge in [0.2, 0.25) is 0 Å². The van der Waals surface area contributed by atoms with Crippen LogP contribution >= 0.6 is 23.2 Å². The van der Waals surface area contributed by atoms with Crippen molar-refractivity contribution < 1.29 is 27.5 Å². The molecule has 2 aromatic carbocycles. The van der Waals surface area contributed by atoms with E-state index < -0.39 is 28.5 Å². The van der Waals surface area contributed by atoms with E-state index in [1.807, 2.05) is 0 Å². The van der Waals surface area contributed by atoms with Gasteiger partial charge in [-0.1, -0.05) is 41.4 Å². The van der Waals surface area contributed by atoms with E-state index >= 15 is 0 Å². The number of carbonyl (C=O) groups excluding carboxylic acids is 2. The molecule has 0 saturated carbocycles. The molecule has 0 fully saturated rings. The van der Waals surface area contributed by atoms with Gasteiger partial charge in [-0.25, -0.2) is 13.2 Å². The summed E-state index contributed by atoms with van der Waals surface area (Å²) in [4.78, 5) is 23.5. The largest absolute Gasteiger partial charge is 0.468 e. The van der Waals surface area contributed by atoms with Gasteiger partial charge < -0.3 is 9.47 Å². The average Bonchev–Trinajstić information content (AvgIpc) is 2.67. The smallest absolute Gasteiger partial charge is 0.339 e. The highest BCUT2D eigenvalue weighted by Gasteiger charge is 2.32. The van der Waals surface area contributed by atoms with Crippen LogP contribution in [-0.2, 0) is 24.3 Å². The fourth-order valence-electron chi connectivity index (χ4n) is 2.26. The molecule has 0 N–H and O–H groups in total. The van der Waals surface area contributed by atoms with Gasteiger partial charge in [0.15, 0.2) is 0 Å². The number of halogens is 2. The molecule has 2 rings (SSSR count). The maximum absolute atomic E-state index is 13.3. The van der Waals surface area contributed by atoms with Crippen molar-refractivity contribution in [2.75, 3.05) is 25.1 Å². The van der Waals surface area contributed by atoms with E-state index in [9.17, 15) is 18.0 Å². The minimum atomic E-state index is -4.40. The first-order chi connectivity index (χ1) is 12.7. The topological polar surface area (TPSA) is 90.0 Å². The number of benzene rings is 2. The molecule has 0 unspecified atom stereocenters. The monoisotopic (exact) mass is 431 g/mol. The van der Waals surface area contributed by atoms with Gasteiger partial charge in [-0.15, -0.1) is 0 Å². The van der Waals surface area contributed by atoms with Gasteiger partial charge >= 0.3 is 11.9 Å². The van der Waals surface area contributed by atoms with Gasteiger partial charge in [0.1, 0.15) is 11.4 Å². The summed E-state index contributed by atoms with van der Waals surface area (Å²) in [6, 6.07) is 9.79. The third-order valence-corrected chi connectivity index (χ3v) is 6.19. The predicted molar refractivity (Wildman–Crippen MR) is 101 cm³/mol. The van der Waals surface area contributed by atoms with E-state index in [1.54, 1.807) is 0 Å². The number of ether oxygens (including phenoxy) is 2. The van der Waals surface area contributed by atoms with Crippen LogP contribution < -0.4 is 4.31 Å². The number of hydrogen-bond acceptors (Lipinski definition) is 6. The van der Waals surface area contributed by atoms with Gasteiger partial charge in [0, 0.05) is 0 Å². The molecule has 0 radical (unpaired) electrons. The Labute approximate surface area is 166 Å². The van der Waals surface area contributed by atoms with E-state index in [2.05, 4.69) is 9.47 Å². The molecular weight excluding hydrogens is 417 g/mol. The SMILES string of the molecule is COC(=O)CN(c1cccc(Cl)c1Cl)S(=O)(=O)c1ccccc1C(=O)OC. The van der Waals surface area contributed by atoms with Crippen LogP contribution in [0, 0.1) is 0 Å². The second-order valence-corrected chi connectivity index (χ2v) is 7.76. The quantitative estimate of drug-likeness (QED) is 0.652. The van der Waals surface area contributed by atoms with Crippen molar-refractivity contribution in [1.82, 2.24) is 0 Å². The minimum absolute atomic E-state index is 0.0331. The molecule has 10 heteroatoms. The Morgan fingerprint density at radius 1 is 1.00 bits per heavy atom. The highest BCUT2D eigenvalue weighted by Crippen LogP contribution is 2.36. The zero-order valence-corrected chi connectivity index (χ0v) is 16.6. The lowest BCUT2D eigenvalue weighted by Crippen LogP contribution is -2.37. The first-order valence-corrected chi connectivity index (χ1v) is 9.64. The molecule has 27 heavy (non-hydrogen) atoms. The van der Waals surface area contributed by atoms with Crippen molar-refractivity contribution in [3.05, 3.63) is 58.1 Å². The maximum atomic E-state index is 13.3. The van der Waals surface area contributed by atoms with Crippen molar-refractivity contribution in [3.8, 4) is 0 Å². The zero-order chi connectivity index (χ0) is 20.2. The summed E-state index contributed by atoms with van der Waals surface area (Å²) in [7, 11) is -2.14. The first kappa shape index (κ1) is 21.0. The Kier molecular flexibility index (Phi) is 6.69. The molecule has 0 heterocycles. The fraction of sp³-hybridized carbons (Fsp3) is 0.176. The van der Waals surface area contributed by atoms with Crippen molar-refractivity contribution in [2.45, 2.75) is 4.90 Å². The molecule has 0 spiro atoms. The molecule has 0 saturated heterocycles. The second-order valence-electron chi connectivity index (χ2n) is 5.15. The van der Waals surface area contributed by atoms with Crippen LogP contribution in [0.4, 0.5) is 5.69 Å². The molecule has 7 nitrogen and oxygen atoms in total. The van der Waals surface area contributed by atoms with Crippen molar-refractivity contribution in [3.63, 3.8) is 0 Å². The summed E-state index contributed by atoms with van der Waals surface area (Å²) in [5.74, 6) is -1.67. The molecule has 0 aromatic heterocycles. The molecule has 144 valence electrons. The highest BCUT2D eigenvalue weighted by atomic mass is 35.5. The lowest BCUT2D eigenvalue weighted by atomic mass is 10.2. The molecule has 0 aliphatic rings. The number of methoxy groups -OCH3 is 2. The average molecular weight is 432 g/mol. The van der Waals surface area contributed by atoms with E-state index in [0.29, 0.717) is 0 Å². The van der Waals surface area contributed by atoms with Gasteiger partial charge in [-0.3, -0.25) is 9.10 Å². The van der Waals surface area contributed by atoms with Crippen LogP contribution in [0.25, 0.3) is 0 Å². The molecule has 0 atom stereocenters. The summed E-state index contributed by atoms with van der Waals surface area (Å²) in [6.45, 7) is -0.672. The normalized spacial score (nSPS) is 11.0. The van der Waals surface area contributed by atoms with Crippen molar-refractivity contribution >= 4 is 50.9 Å². The van der Waals surface area contributed by atoms with Crippen LogP contribution in [0.2, 0.25) is 10.0 Å². The van der Waals surface area contributed by atoms with E-state index in [-0.39, 0.29) is 26.2 Å². The van der Waals surface area contributed by atoms with Crippen LogP contribution in [-0.4, -0.2) is 41.1 Å². The van der Waals surface area contributed by atoms with Gasteiger partial charge in [0.25, 0.3) is 10.0 Å². The first-order valence-electron chi connectivity index (χ1n) is 7.45. The van der Waals surface area contributed by atoms with Crippen LogP contribution in [0.3, 0.4) is 0 Å². The molecule has 0 aliphatic heterocycles. The van der Waals surface area contributed by atoms with E-state index in [1.165, 1.54) is 42.5 Å². The number of esters is 2. The third-order valence-electron chi connectivity index (χ3n) is 3.56. The van der Waals surface area contributed by atoms with E-state index in [4.69, 9.17) is 23.2 Å². The van der Waals surface area contributed by atoms with Crippen LogP contribution in [0.5, 0.6) is 0 Å². The number of carbonyl (C=O) groups is 2. The lowest BCUT2D eigenvalue weighted by Gasteiger charge is -2.25. The lowest BCUT2D eigenvalue weighted by molar-refractivity contribution is -0.138. The Balaban J connectivity index is 2.70. The zero-order valence-electron chi connectivity index (χ0n) is 14.3. The number of sulfonamides is 1. The van der Waals surface area contributed by atoms with E-state index in [0.717, 1.165) is 18.5 Å². The van der Waals surface area contributed by atoms with Crippen molar-refractivity contribution in [2.24, 2.45) is 0 Å². The second kappa shape index (κ2) is 8.60. The number of nitrogens with zero attached hydrogens (tertiary/aromatic N) is 1. The summed E-state index contributed by atoms with van der Waals surface area (Å²) in [6.07, 6.45) is 0. The third kappa shape index (κ3) is 4.35. The van der Waals surface area contributed by atoms with Gasteiger partial charge in [-0.2, -0.15) is 0 Å². The van der Waals surface area contributed by atoms with Crippen molar-refractivity contribution in [1.29, 1.82) is 0 Å². The number of hydrogen-bond donors (Lipinski definition) is 0. The Hall–Kier alpha value is -2.29.